The molecule has 3 rings (SSSR count). The molecule has 2 aromatic rings. The quantitative estimate of drug-likeness (QED) is 0.597. The van der Waals surface area contributed by atoms with Gasteiger partial charge < -0.3 is 0 Å². The Kier molecular flexibility index (Phi) is 6.86. The highest BCUT2D eigenvalue weighted by Crippen LogP contribution is 2.26. The highest BCUT2D eigenvalue weighted by Gasteiger charge is 2.33. The lowest BCUT2D eigenvalue weighted by Crippen LogP contribution is -2.46. The third-order valence-electron chi connectivity index (χ3n) is 5.96. The number of nitrogens with zero attached hydrogens (tertiary/aromatic N) is 1. The lowest BCUT2D eigenvalue weighted by molar-refractivity contribution is -0.121. The van der Waals surface area contributed by atoms with Crippen LogP contribution in [0.1, 0.15) is 97.1 Å². The van der Waals surface area contributed by atoms with Crippen LogP contribution in [0, 0.1) is 0 Å². The molecule has 0 aromatic heterocycles. The maximum Gasteiger partial charge on any atom is 0.260 e. The molecule has 0 bridgehead atoms. The molecule has 0 heterocycles. The third kappa shape index (κ3) is 4.86. The molecule has 4 heteroatoms. The van der Waals surface area contributed by atoms with Gasteiger partial charge in [0, 0.05) is 30.0 Å². The van der Waals surface area contributed by atoms with E-state index in [-0.39, 0.29) is 23.6 Å². The summed E-state index contributed by atoms with van der Waals surface area (Å²) in [6, 6.07) is 14.7. The molecule has 1 fully saturated rings. The number of amides is 2. The Labute approximate surface area is 179 Å². The van der Waals surface area contributed by atoms with Gasteiger partial charge in [0.05, 0.1) is 0 Å². The first-order valence-electron chi connectivity index (χ1n) is 10.9. The van der Waals surface area contributed by atoms with Gasteiger partial charge in [-0.15, -0.1) is 0 Å². The van der Waals surface area contributed by atoms with Gasteiger partial charge in [-0.2, -0.15) is 0 Å². The molecule has 158 valence electrons. The molecule has 0 aliphatic heterocycles. The summed E-state index contributed by atoms with van der Waals surface area (Å²) in [5.74, 6) is 0.366. The van der Waals surface area contributed by atoms with Crippen molar-refractivity contribution in [2.75, 3.05) is 0 Å². The average molecular weight is 406 g/mol. The molecule has 2 aromatic carbocycles. The summed E-state index contributed by atoms with van der Waals surface area (Å²) in [4.78, 5) is 39.9. The lowest BCUT2D eigenvalue weighted by atomic mass is 9.91. The predicted molar refractivity (Wildman–Crippen MR) is 119 cm³/mol. The fourth-order valence-electron chi connectivity index (χ4n) is 3.91. The summed E-state index contributed by atoms with van der Waals surface area (Å²) in [6.07, 6.45) is 1.90. The number of ketones is 1. The minimum atomic E-state index is -0.289. The third-order valence-corrected chi connectivity index (χ3v) is 5.96. The number of carbonyl (C=O) groups excluding carboxylic acids is 3. The van der Waals surface area contributed by atoms with Gasteiger partial charge in [-0.1, -0.05) is 52.0 Å². The monoisotopic (exact) mass is 405 g/mol. The van der Waals surface area contributed by atoms with E-state index in [1.54, 1.807) is 24.3 Å². The minimum Gasteiger partial charge on any atom is -0.300 e. The molecule has 1 aliphatic rings. The van der Waals surface area contributed by atoms with Crippen LogP contribution in [0.25, 0.3) is 0 Å². The van der Waals surface area contributed by atoms with Crippen LogP contribution in [0.15, 0.2) is 48.5 Å². The summed E-state index contributed by atoms with van der Waals surface area (Å²) >= 11 is 0. The van der Waals surface area contributed by atoms with Crippen molar-refractivity contribution >= 4 is 17.6 Å². The summed E-state index contributed by atoms with van der Waals surface area (Å²) in [5.41, 5.74) is 3.31. The molecule has 1 aliphatic carbocycles. The minimum absolute atomic E-state index is 0.202. The van der Waals surface area contributed by atoms with Crippen LogP contribution in [0.2, 0.25) is 0 Å². The van der Waals surface area contributed by atoms with Gasteiger partial charge >= 0.3 is 0 Å². The Morgan fingerprint density at radius 1 is 0.733 bits per heavy atom. The second-order valence-corrected chi connectivity index (χ2v) is 8.80. The Morgan fingerprint density at radius 3 is 1.43 bits per heavy atom. The molecular formula is C26H31NO3. The molecule has 30 heavy (non-hydrogen) atoms. The largest absolute Gasteiger partial charge is 0.300 e. The summed E-state index contributed by atoms with van der Waals surface area (Å²) < 4.78 is 0. The van der Waals surface area contributed by atoms with E-state index in [0.717, 1.165) is 11.1 Å². The topological polar surface area (TPSA) is 54.5 Å². The van der Waals surface area contributed by atoms with Crippen molar-refractivity contribution in [3.63, 3.8) is 0 Å². The van der Waals surface area contributed by atoms with E-state index >= 15 is 0 Å². The standard InChI is InChI=1S/C26H31NO3/c1-17(2)19-5-9-21(10-6-19)25(29)27(23-13-15-24(28)16-14-23)26(30)22-11-7-20(8-12-22)18(3)4/h5-12,17-18,23H,13-16H2,1-4H3. The number of carbonyl (C=O) groups is 3. The lowest BCUT2D eigenvalue weighted by Gasteiger charge is -2.32. The maximum atomic E-state index is 13.4. The smallest absolute Gasteiger partial charge is 0.260 e. The summed E-state index contributed by atoms with van der Waals surface area (Å²) in [5, 5.41) is 0. The van der Waals surface area contributed by atoms with Crippen molar-refractivity contribution in [1.82, 2.24) is 4.90 Å². The van der Waals surface area contributed by atoms with Gasteiger partial charge in [-0.05, 0) is 60.1 Å². The fourth-order valence-corrected chi connectivity index (χ4v) is 3.91. The number of hydrogen-bond donors (Lipinski definition) is 0. The Morgan fingerprint density at radius 2 is 1.10 bits per heavy atom. The first-order valence-corrected chi connectivity index (χ1v) is 10.9. The van der Waals surface area contributed by atoms with Crippen LogP contribution >= 0.6 is 0 Å². The second-order valence-electron chi connectivity index (χ2n) is 8.80. The normalized spacial score (nSPS) is 14.9. The van der Waals surface area contributed by atoms with Gasteiger partial charge in [0.25, 0.3) is 11.8 Å². The molecule has 0 unspecified atom stereocenters. The average Bonchev–Trinajstić information content (AvgIpc) is 2.75. The van der Waals surface area contributed by atoms with Gasteiger partial charge in [0.2, 0.25) is 0 Å². The summed E-state index contributed by atoms with van der Waals surface area (Å²) in [6.45, 7) is 8.41. The van der Waals surface area contributed by atoms with Gasteiger partial charge in [-0.25, -0.2) is 0 Å². The zero-order valence-electron chi connectivity index (χ0n) is 18.4. The molecule has 0 spiro atoms. The first kappa shape index (κ1) is 21.9. The molecule has 2 amide bonds. The molecular weight excluding hydrogens is 374 g/mol. The van der Waals surface area contributed by atoms with E-state index in [9.17, 15) is 14.4 Å². The van der Waals surface area contributed by atoms with Crippen LogP contribution in [0.3, 0.4) is 0 Å². The predicted octanol–water partition coefficient (Wildman–Crippen LogP) is 5.73. The molecule has 0 atom stereocenters. The van der Waals surface area contributed by atoms with Crippen molar-refractivity contribution in [1.29, 1.82) is 0 Å². The Balaban J connectivity index is 1.92. The first-order chi connectivity index (χ1) is 14.3. The van der Waals surface area contributed by atoms with E-state index in [1.807, 2.05) is 24.3 Å². The van der Waals surface area contributed by atoms with Crippen LogP contribution in [0.4, 0.5) is 0 Å². The van der Waals surface area contributed by atoms with Crippen molar-refractivity contribution < 1.29 is 14.4 Å². The zero-order chi connectivity index (χ0) is 21.8. The number of hydrogen-bond acceptors (Lipinski definition) is 3. The SMILES string of the molecule is CC(C)c1ccc(C(=O)N(C(=O)c2ccc(C(C)C)cc2)C2CCC(=O)CC2)cc1. The van der Waals surface area contributed by atoms with E-state index in [4.69, 9.17) is 0 Å². The Bertz CT molecular complexity index is 837. The zero-order valence-corrected chi connectivity index (χ0v) is 18.4. The van der Waals surface area contributed by atoms with E-state index < -0.39 is 0 Å². The van der Waals surface area contributed by atoms with Crippen LogP contribution in [-0.4, -0.2) is 28.5 Å². The van der Waals surface area contributed by atoms with Crippen molar-refractivity contribution in [3.05, 3.63) is 70.8 Å². The molecule has 0 N–H and O–H groups in total. The van der Waals surface area contributed by atoms with Gasteiger partial charge in [0.15, 0.2) is 0 Å². The van der Waals surface area contributed by atoms with Crippen LogP contribution < -0.4 is 0 Å². The van der Waals surface area contributed by atoms with E-state index in [0.29, 0.717) is 48.6 Å². The second kappa shape index (κ2) is 9.38. The van der Waals surface area contributed by atoms with Crippen molar-refractivity contribution in [3.8, 4) is 0 Å². The van der Waals surface area contributed by atoms with Crippen LogP contribution in [0.5, 0.6) is 0 Å². The van der Waals surface area contributed by atoms with E-state index in [2.05, 4.69) is 27.7 Å². The van der Waals surface area contributed by atoms with Gasteiger partial charge in [-0.3, -0.25) is 19.3 Å². The number of benzene rings is 2. The maximum absolute atomic E-state index is 13.4. The molecule has 4 nitrogen and oxygen atoms in total. The van der Waals surface area contributed by atoms with E-state index in [1.165, 1.54) is 4.90 Å². The number of imide groups is 1. The van der Waals surface area contributed by atoms with Crippen LogP contribution in [-0.2, 0) is 4.79 Å². The number of rotatable bonds is 5. The number of Topliss-reactive ketones (excluding diaryl/α,β-unsaturated/α-hetero) is 1. The van der Waals surface area contributed by atoms with Crippen molar-refractivity contribution in [2.24, 2.45) is 0 Å². The summed E-state index contributed by atoms with van der Waals surface area (Å²) in [7, 11) is 0. The molecule has 0 radical (unpaired) electrons. The highest BCUT2D eigenvalue weighted by atomic mass is 16.2. The highest BCUT2D eigenvalue weighted by molar-refractivity contribution is 6.10. The fraction of sp³-hybridized carbons (Fsp3) is 0.423. The van der Waals surface area contributed by atoms with Crippen molar-refractivity contribution in [2.45, 2.75) is 71.3 Å². The van der Waals surface area contributed by atoms with Gasteiger partial charge in [0.1, 0.15) is 5.78 Å². The molecule has 1 saturated carbocycles. The Hall–Kier alpha value is -2.75. The molecule has 0 saturated heterocycles.